The maximum absolute atomic E-state index is 13.3. The van der Waals surface area contributed by atoms with Gasteiger partial charge < -0.3 is 14.4 Å². The fraction of sp³-hybridized carbons (Fsp3) is 0.435. The van der Waals surface area contributed by atoms with Crippen molar-refractivity contribution in [3.05, 3.63) is 53.6 Å². The number of nitrogens with zero attached hydrogens (tertiary/aromatic N) is 1. The Balaban J connectivity index is 1.89. The standard InChI is InChI=1S/C23H29NO3/c1-17-9-12-20(13-10-17)24(23(25)19-7-5-4-6-8-19)16-18-11-14-21(26-2)22(15-18)27-3/h9-15,19H,4-8,16H2,1-3H3. The molecule has 1 amide bonds. The lowest BCUT2D eigenvalue weighted by molar-refractivity contribution is -0.123. The number of carbonyl (C=O) groups is 1. The first-order chi connectivity index (χ1) is 13.1. The van der Waals surface area contributed by atoms with Crippen LogP contribution < -0.4 is 14.4 Å². The third kappa shape index (κ3) is 4.62. The Kier molecular flexibility index (Phi) is 6.38. The van der Waals surface area contributed by atoms with Crippen LogP contribution >= 0.6 is 0 Å². The summed E-state index contributed by atoms with van der Waals surface area (Å²) in [7, 11) is 3.26. The van der Waals surface area contributed by atoms with Gasteiger partial charge in [0.1, 0.15) is 0 Å². The molecule has 4 nitrogen and oxygen atoms in total. The Morgan fingerprint density at radius 3 is 2.26 bits per heavy atom. The Morgan fingerprint density at radius 2 is 1.63 bits per heavy atom. The minimum atomic E-state index is 0.125. The maximum Gasteiger partial charge on any atom is 0.230 e. The average molecular weight is 367 g/mol. The highest BCUT2D eigenvalue weighted by molar-refractivity contribution is 5.95. The summed E-state index contributed by atoms with van der Waals surface area (Å²) in [6.45, 7) is 2.59. The molecule has 0 radical (unpaired) electrons. The quantitative estimate of drug-likeness (QED) is 0.711. The smallest absolute Gasteiger partial charge is 0.230 e. The number of carbonyl (C=O) groups excluding carboxylic acids is 1. The summed E-state index contributed by atoms with van der Waals surface area (Å²) in [4.78, 5) is 15.3. The number of benzene rings is 2. The second kappa shape index (κ2) is 8.94. The van der Waals surface area contributed by atoms with Crippen LogP contribution in [0.3, 0.4) is 0 Å². The van der Waals surface area contributed by atoms with Gasteiger partial charge in [-0.3, -0.25) is 4.79 Å². The van der Waals surface area contributed by atoms with Gasteiger partial charge in [-0.2, -0.15) is 0 Å². The molecule has 1 aliphatic rings. The first kappa shape index (κ1) is 19.3. The molecule has 0 aliphatic heterocycles. The van der Waals surface area contributed by atoms with Crippen LogP contribution in [0.1, 0.15) is 43.2 Å². The Hall–Kier alpha value is -2.49. The van der Waals surface area contributed by atoms with Crippen LogP contribution in [0, 0.1) is 12.8 Å². The van der Waals surface area contributed by atoms with Crippen molar-refractivity contribution in [2.24, 2.45) is 5.92 Å². The van der Waals surface area contributed by atoms with Crippen molar-refractivity contribution in [3.63, 3.8) is 0 Å². The van der Waals surface area contributed by atoms with E-state index >= 15 is 0 Å². The average Bonchev–Trinajstić information content (AvgIpc) is 2.72. The predicted molar refractivity (Wildman–Crippen MR) is 108 cm³/mol. The third-order valence-electron chi connectivity index (χ3n) is 5.35. The number of aryl methyl sites for hydroxylation is 1. The monoisotopic (exact) mass is 367 g/mol. The zero-order valence-corrected chi connectivity index (χ0v) is 16.5. The Morgan fingerprint density at radius 1 is 0.963 bits per heavy atom. The summed E-state index contributed by atoms with van der Waals surface area (Å²) in [6.07, 6.45) is 5.52. The van der Waals surface area contributed by atoms with Gasteiger partial charge in [0, 0.05) is 11.6 Å². The minimum Gasteiger partial charge on any atom is -0.493 e. The molecule has 0 aromatic heterocycles. The number of ether oxygens (including phenoxy) is 2. The van der Waals surface area contributed by atoms with Gasteiger partial charge in [-0.15, -0.1) is 0 Å². The fourth-order valence-corrected chi connectivity index (χ4v) is 3.75. The van der Waals surface area contributed by atoms with Gasteiger partial charge in [-0.1, -0.05) is 43.0 Å². The van der Waals surface area contributed by atoms with Gasteiger partial charge in [-0.05, 0) is 49.6 Å². The molecule has 2 aromatic rings. The van der Waals surface area contributed by atoms with E-state index in [4.69, 9.17) is 9.47 Å². The van der Waals surface area contributed by atoms with Crippen LogP contribution in [0.25, 0.3) is 0 Å². The molecule has 0 bridgehead atoms. The summed E-state index contributed by atoms with van der Waals surface area (Å²) in [5, 5.41) is 0. The summed E-state index contributed by atoms with van der Waals surface area (Å²) >= 11 is 0. The van der Waals surface area contributed by atoms with Crippen molar-refractivity contribution in [2.45, 2.75) is 45.6 Å². The first-order valence-corrected chi connectivity index (χ1v) is 9.71. The molecule has 0 N–H and O–H groups in total. The molecular formula is C23H29NO3. The van der Waals surface area contributed by atoms with E-state index in [2.05, 4.69) is 19.1 Å². The van der Waals surface area contributed by atoms with E-state index in [1.807, 2.05) is 35.2 Å². The van der Waals surface area contributed by atoms with Gasteiger partial charge in [-0.25, -0.2) is 0 Å². The molecule has 2 aromatic carbocycles. The van der Waals surface area contributed by atoms with E-state index in [0.717, 1.165) is 36.9 Å². The number of anilines is 1. The first-order valence-electron chi connectivity index (χ1n) is 9.71. The SMILES string of the molecule is COc1ccc(CN(C(=O)C2CCCCC2)c2ccc(C)cc2)cc1OC. The van der Waals surface area contributed by atoms with Crippen LogP contribution in [-0.2, 0) is 11.3 Å². The minimum absolute atomic E-state index is 0.125. The molecule has 27 heavy (non-hydrogen) atoms. The number of hydrogen-bond donors (Lipinski definition) is 0. The van der Waals surface area contributed by atoms with Gasteiger partial charge in [0.15, 0.2) is 11.5 Å². The molecular weight excluding hydrogens is 338 g/mol. The fourth-order valence-electron chi connectivity index (χ4n) is 3.75. The topological polar surface area (TPSA) is 38.8 Å². The van der Waals surface area contributed by atoms with Crippen molar-refractivity contribution in [2.75, 3.05) is 19.1 Å². The Bertz CT molecular complexity index is 764. The van der Waals surface area contributed by atoms with Gasteiger partial charge in [0.25, 0.3) is 0 Å². The molecule has 1 saturated carbocycles. The highest BCUT2D eigenvalue weighted by Gasteiger charge is 2.27. The largest absolute Gasteiger partial charge is 0.493 e. The Labute approximate surface area is 162 Å². The van der Waals surface area contributed by atoms with Crippen LogP contribution in [0.15, 0.2) is 42.5 Å². The molecule has 0 heterocycles. The van der Waals surface area contributed by atoms with Crippen molar-refractivity contribution < 1.29 is 14.3 Å². The van der Waals surface area contributed by atoms with E-state index < -0.39 is 0 Å². The summed E-state index contributed by atoms with van der Waals surface area (Å²) < 4.78 is 10.8. The second-order valence-electron chi connectivity index (χ2n) is 7.28. The zero-order chi connectivity index (χ0) is 19.2. The van der Waals surface area contributed by atoms with E-state index in [9.17, 15) is 4.79 Å². The molecule has 3 rings (SSSR count). The molecule has 0 spiro atoms. The number of methoxy groups -OCH3 is 2. The van der Waals surface area contributed by atoms with Gasteiger partial charge in [0.05, 0.1) is 20.8 Å². The lowest BCUT2D eigenvalue weighted by Crippen LogP contribution is -2.36. The van der Waals surface area contributed by atoms with E-state index in [-0.39, 0.29) is 11.8 Å². The normalized spacial score (nSPS) is 14.6. The summed E-state index contributed by atoms with van der Waals surface area (Å²) in [6, 6.07) is 14.0. The van der Waals surface area contributed by atoms with E-state index in [1.54, 1.807) is 14.2 Å². The molecule has 4 heteroatoms. The number of rotatable bonds is 6. The van der Waals surface area contributed by atoms with Gasteiger partial charge in [0.2, 0.25) is 5.91 Å². The molecule has 0 saturated heterocycles. The lowest BCUT2D eigenvalue weighted by Gasteiger charge is -2.30. The summed E-state index contributed by atoms with van der Waals surface area (Å²) in [5.41, 5.74) is 3.17. The number of hydrogen-bond acceptors (Lipinski definition) is 3. The highest BCUT2D eigenvalue weighted by atomic mass is 16.5. The number of amides is 1. The van der Waals surface area contributed by atoms with Crippen LogP contribution in [0.4, 0.5) is 5.69 Å². The lowest BCUT2D eigenvalue weighted by atomic mass is 9.88. The van der Waals surface area contributed by atoms with Gasteiger partial charge >= 0.3 is 0 Å². The van der Waals surface area contributed by atoms with Crippen molar-refractivity contribution >= 4 is 11.6 Å². The van der Waals surface area contributed by atoms with E-state index in [1.165, 1.54) is 12.0 Å². The van der Waals surface area contributed by atoms with Crippen LogP contribution in [-0.4, -0.2) is 20.1 Å². The maximum atomic E-state index is 13.3. The molecule has 0 unspecified atom stereocenters. The molecule has 0 atom stereocenters. The third-order valence-corrected chi connectivity index (χ3v) is 5.35. The molecule has 1 fully saturated rings. The second-order valence-corrected chi connectivity index (χ2v) is 7.28. The van der Waals surface area contributed by atoms with Crippen molar-refractivity contribution in [1.29, 1.82) is 0 Å². The summed E-state index contributed by atoms with van der Waals surface area (Å²) in [5.74, 6) is 1.74. The van der Waals surface area contributed by atoms with Crippen LogP contribution in [0.2, 0.25) is 0 Å². The van der Waals surface area contributed by atoms with Crippen molar-refractivity contribution in [3.8, 4) is 11.5 Å². The van der Waals surface area contributed by atoms with Crippen LogP contribution in [0.5, 0.6) is 11.5 Å². The zero-order valence-electron chi connectivity index (χ0n) is 16.5. The highest BCUT2D eigenvalue weighted by Crippen LogP contribution is 2.31. The molecule has 1 aliphatic carbocycles. The van der Waals surface area contributed by atoms with Crippen molar-refractivity contribution in [1.82, 2.24) is 0 Å². The predicted octanol–water partition coefficient (Wildman–Crippen LogP) is 5.13. The molecule has 144 valence electrons. The van der Waals surface area contributed by atoms with E-state index in [0.29, 0.717) is 18.0 Å².